The lowest BCUT2D eigenvalue weighted by molar-refractivity contribution is -0.121. The summed E-state index contributed by atoms with van der Waals surface area (Å²) in [4.78, 5) is 17.0. The SMILES string of the molecule is O=C(NN1CCOCC1)C1=NN(c2ccc(Cl)cc2Cl)C(c2cccnc2)C1. The predicted octanol–water partition coefficient (Wildman–Crippen LogP) is 3.06. The Labute approximate surface area is 172 Å². The van der Waals surface area contributed by atoms with E-state index in [4.69, 9.17) is 27.9 Å². The number of hydrogen-bond acceptors (Lipinski definition) is 6. The molecule has 0 aliphatic carbocycles. The molecular weight excluding hydrogens is 401 g/mol. The lowest BCUT2D eigenvalue weighted by Gasteiger charge is -2.26. The number of benzene rings is 1. The Morgan fingerprint density at radius 2 is 2.04 bits per heavy atom. The van der Waals surface area contributed by atoms with E-state index < -0.39 is 0 Å². The van der Waals surface area contributed by atoms with Crippen LogP contribution in [0.3, 0.4) is 0 Å². The topological polar surface area (TPSA) is 70.1 Å². The van der Waals surface area contributed by atoms with Crippen molar-refractivity contribution < 1.29 is 9.53 Å². The molecule has 2 aromatic rings. The zero-order chi connectivity index (χ0) is 19.5. The van der Waals surface area contributed by atoms with Gasteiger partial charge in [-0.05, 0) is 29.8 Å². The minimum Gasteiger partial charge on any atom is -0.379 e. The number of pyridine rings is 1. The molecule has 9 heteroatoms. The number of amides is 1. The van der Waals surface area contributed by atoms with Crippen LogP contribution in [0, 0.1) is 0 Å². The number of hydrazone groups is 1. The molecule has 1 fully saturated rings. The van der Waals surface area contributed by atoms with Gasteiger partial charge in [0.25, 0.3) is 5.91 Å². The Bertz CT molecular complexity index is 887. The van der Waals surface area contributed by atoms with Gasteiger partial charge in [-0.3, -0.25) is 20.2 Å². The smallest absolute Gasteiger partial charge is 0.281 e. The number of halogens is 2. The third-order valence-electron chi connectivity index (χ3n) is 4.67. The Morgan fingerprint density at radius 3 is 2.75 bits per heavy atom. The van der Waals surface area contributed by atoms with E-state index in [0.29, 0.717) is 54.2 Å². The lowest BCUT2D eigenvalue weighted by Crippen LogP contribution is -2.50. The van der Waals surface area contributed by atoms with Crippen molar-refractivity contribution in [1.29, 1.82) is 0 Å². The van der Waals surface area contributed by atoms with Crippen LogP contribution in [0.2, 0.25) is 10.0 Å². The lowest BCUT2D eigenvalue weighted by atomic mass is 10.0. The van der Waals surface area contributed by atoms with Gasteiger partial charge >= 0.3 is 0 Å². The molecule has 1 amide bonds. The molecule has 1 aromatic carbocycles. The van der Waals surface area contributed by atoms with Gasteiger partial charge in [-0.15, -0.1) is 0 Å². The van der Waals surface area contributed by atoms with Gasteiger partial charge in [-0.25, -0.2) is 5.01 Å². The first kappa shape index (κ1) is 19.1. The highest BCUT2D eigenvalue weighted by atomic mass is 35.5. The van der Waals surface area contributed by atoms with Gasteiger partial charge in [-0.2, -0.15) is 5.10 Å². The number of carbonyl (C=O) groups excluding carboxylic acids is 1. The number of nitrogens with one attached hydrogen (secondary N) is 1. The first-order valence-corrected chi connectivity index (χ1v) is 9.73. The maximum Gasteiger partial charge on any atom is 0.281 e. The largest absolute Gasteiger partial charge is 0.379 e. The summed E-state index contributed by atoms with van der Waals surface area (Å²) < 4.78 is 5.32. The molecule has 0 spiro atoms. The van der Waals surface area contributed by atoms with E-state index in [1.807, 2.05) is 17.1 Å². The summed E-state index contributed by atoms with van der Waals surface area (Å²) in [5, 5.41) is 9.23. The van der Waals surface area contributed by atoms with E-state index >= 15 is 0 Å². The van der Waals surface area contributed by atoms with Crippen LogP contribution < -0.4 is 10.4 Å². The van der Waals surface area contributed by atoms with Gasteiger partial charge in [-0.1, -0.05) is 29.3 Å². The second kappa shape index (κ2) is 8.45. The summed E-state index contributed by atoms with van der Waals surface area (Å²) in [5.41, 5.74) is 4.99. The highest BCUT2D eigenvalue weighted by Crippen LogP contribution is 2.39. The standard InChI is InChI=1S/C19H19Cl2N5O2/c20-14-3-4-17(15(21)10-14)26-18(13-2-1-5-22-12-13)11-16(23-26)19(27)24-25-6-8-28-9-7-25/h1-5,10,12,18H,6-9,11H2,(H,24,27). The molecule has 1 unspecified atom stereocenters. The maximum atomic E-state index is 12.8. The minimum atomic E-state index is -0.219. The average Bonchev–Trinajstić information content (AvgIpc) is 3.15. The van der Waals surface area contributed by atoms with E-state index in [2.05, 4.69) is 15.5 Å². The van der Waals surface area contributed by atoms with Gasteiger partial charge in [0.2, 0.25) is 0 Å². The minimum absolute atomic E-state index is 0.183. The van der Waals surface area contributed by atoms with Crippen molar-refractivity contribution >= 4 is 40.5 Å². The van der Waals surface area contributed by atoms with Gasteiger partial charge < -0.3 is 4.74 Å². The van der Waals surface area contributed by atoms with Crippen molar-refractivity contribution in [1.82, 2.24) is 15.4 Å². The molecule has 7 nitrogen and oxygen atoms in total. The fourth-order valence-electron chi connectivity index (χ4n) is 3.25. The Morgan fingerprint density at radius 1 is 1.21 bits per heavy atom. The molecule has 28 heavy (non-hydrogen) atoms. The molecule has 4 rings (SSSR count). The maximum absolute atomic E-state index is 12.8. The molecular formula is C19H19Cl2N5O2. The average molecular weight is 420 g/mol. The first-order chi connectivity index (χ1) is 13.6. The van der Waals surface area contributed by atoms with E-state index in [1.54, 1.807) is 35.6 Å². The number of carbonyl (C=O) groups is 1. The van der Waals surface area contributed by atoms with Crippen LogP contribution in [0.5, 0.6) is 0 Å². The summed E-state index contributed by atoms with van der Waals surface area (Å²) in [7, 11) is 0. The predicted molar refractivity (Wildman–Crippen MR) is 109 cm³/mol. The first-order valence-electron chi connectivity index (χ1n) is 8.97. The number of morpholine rings is 1. The quantitative estimate of drug-likeness (QED) is 0.824. The second-order valence-electron chi connectivity index (χ2n) is 6.53. The second-order valence-corrected chi connectivity index (χ2v) is 7.38. The van der Waals surface area contributed by atoms with Crippen LogP contribution in [0.15, 0.2) is 47.8 Å². The van der Waals surface area contributed by atoms with Gasteiger partial charge in [0.05, 0.1) is 30.0 Å². The molecule has 0 saturated carbocycles. The fourth-order valence-corrected chi connectivity index (χ4v) is 3.75. The van der Waals surface area contributed by atoms with Crippen molar-refractivity contribution in [3.05, 3.63) is 58.3 Å². The van der Waals surface area contributed by atoms with Crippen LogP contribution in [0.4, 0.5) is 5.69 Å². The fraction of sp³-hybridized carbons (Fsp3) is 0.316. The van der Waals surface area contributed by atoms with E-state index in [0.717, 1.165) is 5.56 Å². The van der Waals surface area contributed by atoms with Crippen LogP contribution in [0.25, 0.3) is 0 Å². The number of rotatable bonds is 4. The molecule has 146 valence electrons. The monoisotopic (exact) mass is 419 g/mol. The molecule has 2 aliphatic rings. The number of nitrogens with zero attached hydrogens (tertiary/aromatic N) is 4. The number of hydrogen-bond donors (Lipinski definition) is 1. The summed E-state index contributed by atoms with van der Waals surface area (Å²) in [6, 6.07) is 8.87. The molecule has 0 bridgehead atoms. The summed E-state index contributed by atoms with van der Waals surface area (Å²) in [5.74, 6) is -0.219. The highest BCUT2D eigenvalue weighted by molar-refractivity contribution is 6.40. The van der Waals surface area contributed by atoms with Gasteiger partial charge in [0, 0.05) is 36.9 Å². The van der Waals surface area contributed by atoms with Gasteiger partial charge in [0.15, 0.2) is 0 Å². The molecule has 1 saturated heterocycles. The van der Waals surface area contributed by atoms with Gasteiger partial charge in [0.1, 0.15) is 5.71 Å². The van der Waals surface area contributed by atoms with Crippen molar-refractivity contribution in [3.8, 4) is 0 Å². The van der Waals surface area contributed by atoms with Crippen LogP contribution in [-0.4, -0.2) is 47.9 Å². The number of aromatic nitrogens is 1. The molecule has 3 heterocycles. The summed E-state index contributed by atoms with van der Waals surface area (Å²) in [6.07, 6.45) is 3.94. The summed E-state index contributed by atoms with van der Waals surface area (Å²) >= 11 is 12.4. The van der Waals surface area contributed by atoms with E-state index in [1.165, 1.54) is 0 Å². The number of ether oxygens (including phenoxy) is 1. The zero-order valence-corrected chi connectivity index (χ0v) is 16.5. The molecule has 0 radical (unpaired) electrons. The van der Waals surface area contributed by atoms with Crippen molar-refractivity contribution in [2.45, 2.75) is 12.5 Å². The Hall–Kier alpha value is -2.19. The molecule has 1 atom stereocenters. The van der Waals surface area contributed by atoms with Crippen molar-refractivity contribution in [2.75, 3.05) is 31.3 Å². The summed E-state index contributed by atoms with van der Waals surface area (Å²) in [6.45, 7) is 2.49. The van der Waals surface area contributed by atoms with E-state index in [-0.39, 0.29) is 11.9 Å². The Kier molecular flexibility index (Phi) is 5.77. The molecule has 1 aromatic heterocycles. The number of hydrazine groups is 1. The third kappa shape index (κ3) is 4.12. The Balaban J connectivity index is 1.62. The third-order valence-corrected chi connectivity index (χ3v) is 5.21. The zero-order valence-electron chi connectivity index (χ0n) is 15.0. The highest BCUT2D eigenvalue weighted by Gasteiger charge is 2.34. The number of anilines is 1. The molecule has 1 N–H and O–H groups in total. The van der Waals surface area contributed by atoms with E-state index in [9.17, 15) is 4.79 Å². The van der Waals surface area contributed by atoms with Crippen LogP contribution in [-0.2, 0) is 9.53 Å². The molecule has 2 aliphatic heterocycles. The van der Waals surface area contributed by atoms with Crippen LogP contribution >= 0.6 is 23.2 Å². The van der Waals surface area contributed by atoms with Crippen molar-refractivity contribution in [3.63, 3.8) is 0 Å². The van der Waals surface area contributed by atoms with Crippen molar-refractivity contribution in [2.24, 2.45) is 5.10 Å². The normalized spacial score (nSPS) is 20.1. The van der Waals surface area contributed by atoms with Crippen LogP contribution in [0.1, 0.15) is 18.0 Å².